The molecule has 4 aliphatic rings. The molecule has 3 saturated heterocycles. The van der Waals surface area contributed by atoms with E-state index in [9.17, 15) is 19.5 Å². The lowest BCUT2D eigenvalue weighted by molar-refractivity contribution is -0.164. The molecule has 8 nitrogen and oxygen atoms in total. The van der Waals surface area contributed by atoms with E-state index in [1.54, 1.807) is 17.1 Å². The van der Waals surface area contributed by atoms with Gasteiger partial charge in [0.15, 0.2) is 0 Å². The van der Waals surface area contributed by atoms with E-state index in [-0.39, 0.29) is 31.1 Å². The van der Waals surface area contributed by atoms with Crippen LogP contribution < -0.4 is 0 Å². The zero-order valence-corrected chi connectivity index (χ0v) is 24.9. The molecule has 1 saturated carbocycles. The molecule has 0 radical (unpaired) electrons. The van der Waals surface area contributed by atoms with Crippen LogP contribution in [0.5, 0.6) is 0 Å². The van der Waals surface area contributed by atoms with Crippen LogP contribution >= 0.6 is 0 Å². The smallest absolute Gasteiger partial charge is 0.312 e. The monoisotopic (exact) mass is 578 g/mol. The fourth-order valence-electron chi connectivity index (χ4n) is 8.26. The van der Waals surface area contributed by atoms with E-state index in [1.165, 1.54) is 0 Å². The van der Waals surface area contributed by atoms with Crippen molar-refractivity contribution in [3.63, 3.8) is 0 Å². The first-order chi connectivity index (χ1) is 20.4. The number of allylic oxidation sites excluding steroid dienone is 1. The summed E-state index contributed by atoms with van der Waals surface area (Å²) in [6, 6.07) is 7.64. The number of likely N-dealkylation sites (tertiary alicyclic amines) is 1. The third-order valence-electron chi connectivity index (χ3n) is 10.2. The molecule has 228 valence electrons. The van der Waals surface area contributed by atoms with Crippen molar-refractivity contribution in [1.29, 1.82) is 0 Å². The summed E-state index contributed by atoms with van der Waals surface area (Å²) in [5.41, 5.74) is -1.31. The van der Waals surface area contributed by atoms with Crippen molar-refractivity contribution in [1.82, 2.24) is 9.80 Å². The minimum absolute atomic E-state index is 0.0466. The zero-order valence-electron chi connectivity index (χ0n) is 24.9. The summed E-state index contributed by atoms with van der Waals surface area (Å²) < 4.78 is 12.7. The molecule has 1 aliphatic carbocycles. The fraction of sp³-hybridized carbons (Fsp3) is 0.618. The Hall–Kier alpha value is -2.97. The van der Waals surface area contributed by atoms with Gasteiger partial charge in [0.25, 0.3) is 0 Å². The number of aliphatic hydroxyl groups is 1. The number of rotatable bonds is 13. The Morgan fingerprint density at radius 1 is 1.17 bits per heavy atom. The van der Waals surface area contributed by atoms with Crippen LogP contribution in [-0.2, 0) is 23.9 Å². The molecule has 2 bridgehead atoms. The zero-order chi connectivity index (χ0) is 29.9. The van der Waals surface area contributed by atoms with E-state index in [1.807, 2.05) is 42.2 Å². The third-order valence-corrected chi connectivity index (χ3v) is 10.2. The Kier molecular flexibility index (Phi) is 9.23. The number of hydrogen-bond donors (Lipinski definition) is 1. The normalized spacial score (nSPS) is 31.0. The first kappa shape index (κ1) is 30.5. The summed E-state index contributed by atoms with van der Waals surface area (Å²) in [7, 11) is 0. The number of benzene rings is 1. The molecule has 1 spiro atoms. The maximum Gasteiger partial charge on any atom is 0.312 e. The summed E-state index contributed by atoms with van der Waals surface area (Å²) >= 11 is 0. The van der Waals surface area contributed by atoms with Crippen molar-refractivity contribution >= 4 is 17.8 Å². The molecule has 4 fully saturated rings. The van der Waals surface area contributed by atoms with Crippen LogP contribution in [0.25, 0.3) is 0 Å². The maximum absolute atomic E-state index is 14.9. The molecular formula is C34H46N2O6. The summed E-state index contributed by atoms with van der Waals surface area (Å²) in [5.74, 6) is -2.61. The highest BCUT2D eigenvalue weighted by atomic mass is 16.6. The lowest BCUT2D eigenvalue weighted by atomic mass is 9.65. The van der Waals surface area contributed by atoms with Gasteiger partial charge in [-0.05, 0) is 50.5 Å². The fourth-order valence-corrected chi connectivity index (χ4v) is 8.26. The van der Waals surface area contributed by atoms with Crippen molar-refractivity contribution in [3.8, 4) is 0 Å². The number of carbonyl (C=O) groups excluding carboxylic acids is 3. The van der Waals surface area contributed by atoms with Gasteiger partial charge in [-0.2, -0.15) is 0 Å². The van der Waals surface area contributed by atoms with Crippen LogP contribution in [0.2, 0.25) is 0 Å². The van der Waals surface area contributed by atoms with Crippen molar-refractivity contribution in [2.45, 2.75) is 100 Å². The quantitative estimate of drug-likeness (QED) is 0.207. The second-order valence-corrected chi connectivity index (χ2v) is 12.4. The van der Waals surface area contributed by atoms with Gasteiger partial charge in [-0.25, -0.2) is 0 Å². The van der Waals surface area contributed by atoms with Gasteiger partial charge in [-0.1, -0.05) is 68.7 Å². The van der Waals surface area contributed by atoms with Gasteiger partial charge in [0.1, 0.15) is 17.6 Å². The van der Waals surface area contributed by atoms with Crippen molar-refractivity contribution in [2.24, 2.45) is 11.8 Å². The lowest BCUT2D eigenvalue weighted by Crippen LogP contribution is -2.59. The highest BCUT2D eigenvalue weighted by Crippen LogP contribution is 2.65. The van der Waals surface area contributed by atoms with Gasteiger partial charge >= 0.3 is 5.97 Å². The van der Waals surface area contributed by atoms with E-state index in [0.717, 1.165) is 44.1 Å². The Bertz CT molecular complexity index is 1170. The van der Waals surface area contributed by atoms with Crippen LogP contribution in [0.1, 0.15) is 82.7 Å². The molecule has 2 unspecified atom stereocenters. The molecule has 3 heterocycles. The van der Waals surface area contributed by atoms with Crippen LogP contribution in [0.4, 0.5) is 0 Å². The van der Waals surface area contributed by atoms with Gasteiger partial charge in [-0.3, -0.25) is 14.4 Å². The van der Waals surface area contributed by atoms with Crippen molar-refractivity contribution in [2.75, 3.05) is 19.8 Å². The molecular weight excluding hydrogens is 532 g/mol. The van der Waals surface area contributed by atoms with E-state index >= 15 is 0 Å². The molecule has 0 aromatic heterocycles. The largest absolute Gasteiger partial charge is 0.465 e. The maximum atomic E-state index is 14.9. The Labute approximate surface area is 249 Å². The van der Waals surface area contributed by atoms with E-state index in [2.05, 4.69) is 13.2 Å². The predicted octanol–water partition coefficient (Wildman–Crippen LogP) is 4.73. The number of nitrogens with zero attached hydrogens (tertiary/aromatic N) is 2. The third kappa shape index (κ3) is 5.00. The molecule has 3 aliphatic heterocycles. The molecule has 42 heavy (non-hydrogen) atoms. The first-order valence-electron chi connectivity index (χ1n) is 15.8. The summed E-state index contributed by atoms with van der Waals surface area (Å²) in [5, 5.41) is 10.7. The molecule has 6 atom stereocenters. The van der Waals surface area contributed by atoms with Crippen molar-refractivity contribution in [3.05, 3.63) is 61.2 Å². The highest BCUT2D eigenvalue weighted by molar-refractivity contribution is 5.99. The van der Waals surface area contributed by atoms with Gasteiger partial charge in [-0.15, -0.1) is 13.2 Å². The Balaban J connectivity index is 1.59. The van der Waals surface area contributed by atoms with Crippen LogP contribution in [0, 0.1) is 11.8 Å². The molecule has 8 heteroatoms. The number of amides is 2. The Morgan fingerprint density at radius 2 is 1.90 bits per heavy atom. The van der Waals surface area contributed by atoms with Crippen LogP contribution in [0.15, 0.2) is 55.6 Å². The summed E-state index contributed by atoms with van der Waals surface area (Å²) in [4.78, 5) is 46.8. The SMILES string of the molecule is C=CCCCOC(=O)[C@@H]1[C@H]2C(=O)N([C@H](CO)c3ccccc3)C(C(=O)N(CC=C)C3CCCCC3)C23CC[C@@]1(CC)O3. The van der Waals surface area contributed by atoms with E-state index < -0.39 is 41.1 Å². The average Bonchev–Trinajstić information content (AvgIpc) is 3.63. The molecule has 5 rings (SSSR count). The van der Waals surface area contributed by atoms with Gasteiger partial charge in [0.05, 0.1) is 30.8 Å². The van der Waals surface area contributed by atoms with Gasteiger partial charge in [0.2, 0.25) is 11.8 Å². The Morgan fingerprint density at radius 3 is 2.55 bits per heavy atom. The first-order valence-corrected chi connectivity index (χ1v) is 15.8. The van der Waals surface area contributed by atoms with E-state index in [4.69, 9.17) is 9.47 Å². The van der Waals surface area contributed by atoms with E-state index in [0.29, 0.717) is 32.2 Å². The molecule has 2 amide bonds. The van der Waals surface area contributed by atoms with Crippen LogP contribution in [-0.4, -0.2) is 75.7 Å². The predicted molar refractivity (Wildman–Crippen MR) is 159 cm³/mol. The minimum atomic E-state index is -1.18. The van der Waals surface area contributed by atoms with Gasteiger partial charge in [0, 0.05) is 12.6 Å². The standard InChI is InChI=1S/C34H46N2O6/c1-4-7-14-22-41-32(40)28-27-30(38)36(26(23-37)24-15-10-8-11-16-24)29(34(27)20-19-33(28,6-3)42-34)31(39)35(21-5-2)25-17-12-9-13-18-25/h4-5,8,10-11,15-16,25-29,37H,1-2,6-7,9,12-14,17-23H2,3H3/t26-,27+,28+,29?,33-,34?/m1/s1. The van der Waals surface area contributed by atoms with Crippen LogP contribution in [0.3, 0.4) is 0 Å². The van der Waals surface area contributed by atoms with Gasteiger partial charge < -0.3 is 24.4 Å². The lowest BCUT2D eigenvalue weighted by Gasteiger charge is -2.42. The second-order valence-electron chi connectivity index (χ2n) is 12.4. The molecule has 1 aromatic rings. The number of hydrogen-bond acceptors (Lipinski definition) is 6. The molecule has 1 aromatic carbocycles. The summed E-state index contributed by atoms with van der Waals surface area (Å²) in [6.45, 7) is 9.89. The minimum Gasteiger partial charge on any atom is -0.465 e. The topological polar surface area (TPSA) is 96.4 Å². The number of unbranched alkanes of at least 4 members (excludes halogenated alkanes) is 1. The summed E-state index contributed by atoms with van der Waals surface area (Å²) in [6.07, 6.45) is 11.5. The number of aliphatic hydroxyl groups excluding tert-OH is 1. The number of esters is 1. The second kappa shape index (κ2) is 12.7. The number of fused-ring (bicyclic) bond motifs is 1. The molecule has 1 N–H and O–H groups in total. The number of ether oxygens (including phenoxy) is 2. The average molecular weight is 579 g/mol. The van der Waals surface area contributed by atoms with Crippen molar-refractivity contribution < 1.29 is 29.0 Å². The number of carbonyl (C=O) groups is 3. The highest BCUT2D eigenvalue weighted by Gasteiger charge is 2.79.